The third-order valence-corrected chi connectivity index (χ3v) is 12.5. The number of halogens is 3. The van der Waals surface area contributed by atoms with Gasteiger partial charge < -0.3 is 23.9 Å². The maximum Gasteiger partial charge on any atom is 0.319 e. The Bertz CT molecular complexity index is 2340. The van der Waals surface area contributed by atoms with Crippen molar-refractivity contribution in [1.82, 2.24) is 19.8 Å². The molecule has 0 amide bonds. The van der Waals surface area contributed by atoms with Gasteiger partial charge in [-0.3, -0.25) is 9.80 Å². The van der Waals surface area contributed by atoms with E-state index < -0.39 is 23.3 Å². The molecule has 7 heterocycles. The Kier molecular flexibility index (Phi) is 7.62. The molecule has 0 radical (unpaired) electrons. The summed E-state index contributed by atoms with van der Waals surface area (Å²) in [6.07, 6.45) is 9.13. The molecule has 12 heteroatoms. The van der Waals surface area contributed by atoms with Gasteiger partial charge in [0.25, 0.3) is 0 Å². The number of benzene rings is 3. The predicted molar refractivity (Wildman–Crippen MR) is 195 cm³/mol. The van der Waals surface area contributed by atoms with Crippen LogP contribution < -0.4 is 9.64 Å². The molecule has 274 valence electrons. The second kappa shape index (κ2) is 12.2. The number of phenols is 1. The molecule has 5 saturated heterocycles. The minimum atomic E-state index is -0.933. The number of furan rings is 1. The van der Waals surface area contributed by atoms with E-state index in [-0.39, 0.29) is 51.5 Å². The van der Waals surface area contributed by atoms with E-state index in [0.717, 1.165) is 52.0 Å². The lowest BCUT2D eigenvalue weighted by atomic mass is 9.91. The lowest BCUT2D eigenvalue weighted by Crippen LogP contribution is -2.56. The van der Waals surface area contributed by atoms with Crippen LogP contribution in [0.2, 0.25) is 0 Å². The zero-order chi connectivity index (χ0) is 36.2. The first kappa shape index (κ1) is 33.0. The molecule has 10 rings (SSSR count). The highest BCUT2D eigenvalue weighted by Gasteiger charge is 2.49. The number of hydrogen-bond donors (Lipinski definition) is 1. The van der Waals surface area contributed by atoms with Crippen molar-refractivity contribution in [1.29, 1.82) is 0 Å². The number of aryl methyl sites for hydroxylation is 1. The van der Waals surface area contributed by atoms with E-state index in [4.69, 9.17) is 30.3 Å². The molecule has 2 bridgehead atoms. The zero-order valence-corrected chi connectivity index (χ0v) is 29.5. The SMILES string of the molecule is C#Cc1c(F)ccc2cc(O)cc(-c3c(F)c4nc(OC[C@@]56CCCN5C[C@H](F)C6)nc(N5CC6CCC(C5)N6CC5COC5)c4c4cc(C)oc34)c12. The number of phenolic OH excluding ortho intramolecular Hbond substituents is 1. The quantitative estimate of drug-likeness (QED) is 0.184. The Hall–Kier alpha value is -4.57. The number of aromatic hydroxyl groups is 1. The molecule has 2 unspecified atom stereocenters. The molecule has 1 N–H and O–H groups in total. The fourth-order valence-electron chi connectivity index (χ4n) is 10.0. The number of ether oxygens (including phenoxy) is 2. The fourth-order valence-corrected chi connectivity index (χ4v) is 10.0. The minimum absolute atomic E-state index is 0.00318. The Morgan fingerprint density at radius 3 is 2.64 bits per heavy atom. The van der Waals surface area contributed by atoms with E-state index in [9.17, 15) is 9.50 Å². The van der Waals surface area contributed by atoms with Crippen molar-refractivity contribution in [2.24, 2.45) is 5.92 Å². The van der Waals surface area contributed by atoms with Gasteiger partial charge in [-0.05, 0) is 68.8 Å². The minimum Gasteiger partial charge on any atom is -0.508 e. The van der Waals surface area contributed by atoms with Crippen molar-refractivity contribution in [2.45, 2.75) is 62.8 Å². The number of rotatable bonds is 7. The third kappa shape index (κ3) is 5.18. The number of nitrogens with zero attached hydrogens (tertiary/aromatic N) is 5. The summed E-state index contributed by atoms with van der Waals surface area (Å²) in [5.74, 6) is 2.55. The van der Waals surface area contributed by atoms with E-state index in [1.807, 2.05) is 6.07 Å². The first-order valence-corrected chi connectivity index (χ1v) is 18.7. The van der Waals surface area contributed by atoms with Crippen molar-refractivity contribution in [3.8, 4) is 35.2 Å². The van der Waals surface area contributed by atoms with E-state index >= 15 is 8.78 Å². The Morgan fingerprint density at radius 1 is 1.08 bits per heavy atom. The van der Waals surface area contributed by atoms with Crippen LogP contribution in [0, 0.1) is 36.8 Å². The van der Waals surface area contributed by atoms with Crippen LogP contribution in [0.4, 0.5) is 19.0 Å². The molecule has 3 aromatic carbocycles. The van der Waals surface area contributed by atoms with Crippen LogP contribution in [0.25, 0.3) is 43.8 Å². The number of alkyl halides is 1. The van der Waals surface area contributed by atoms with Crippen LogP contribution in [0.3, 0.4) is 0 Å². The maximum atomic E-state index is 17.7. The predicted octanol–water partition coefficient (Wildman–Crippen LogP) is 6.72. The molecular weight excluding hydrogens is 683 g/mol. The van der Waals surface area contributed by atoms with Crippen LogP contribution in [0.5, 0.6) is 11.8 Å². The molecule has 53 heavy (non-hydrogen) atoms. The summed E-state index contributed by atoms with van der Waals surface area (Å²) in [5, 5.41) is 12.7. The maximum absolute atomic E-state index is 17.7. The number of anilines is 1. The standard InChI is InChI=1S/C41H40F3N5O4/c1-3-29-32(43)8-5-24-12-28(50)13-30(33(24)29)34-36(44)37-35(31-11-22(2)53-38(31)34)39(47-17-26-6-7-27(18-47)49(26)15-23-19-51-20-23)46-40(45-37)52-21-41-9-4-10-48(41)16-25(42)14-41/h1,5,8,11-13,23,25-27,50H,4,6-7,9-10,14-21H2,2H3/t25-,26?,27?,41+/m1/s1. The van der Waals surface area contributed by atoms with E-state index in [2.05, 4.69) is 20.6 Å². The molecule has 0 saturated carbocycles. The average Bonchev–Trinajstić information content (AvgIpc) is 3.83. The van der Waals surface area contributed by atoms with Crippen molar-refractivity contribution in [3.05, 3.63) is 53.3 Å². The highest BCUT2D eigenvalue weighted by Crippen LogP contribution is 2.47. The number of piperazine rings is 1. The summed E-state index contributed by atoms with van der Waals surface area (Å²) < 4.78 is 65.8. The summed E-state index contributed by atoms with van der Waals surface area (Å²) in [4.78, 5) is 16.8. The molecule has 0 aliphatic carbocycles. The van der Waals surface area contributed by atoms with Gasteiger partial charge in [0.05, 0.1) is 35.3 Å². The van der Waals surface area contributed by atoms with Crippen LogP contribution in [0.15, 0.2) is 34.7 Å². The second-order valence-electron chi connectivity index (χ2n) is 15.8. The number of fused-ring (bicyclic) bond motifs is 7. The van der Waals surface area contributed by atoms with Gasteiger partial charge in [0.15, 0.2) is 5.82 Å². The lowest BCUT2D eigenvalue weighted by Gasteiger charge is -2.44. The zero-order valence-electron chi connectivity index (χ0n) is 29.5. The van der Waals surface area contributed by atoms with Crippen LogP contribution in [-0.2, 0) is 4.74 Å². The lowest BCUT2D eigenvalue weighted by molar-refractivity contribution is -0.0538. The molecule has 0 spiro atoms. The van der Waals surface area contributed by atoms with Gasteiger partial charge in [-0.25, -0.2) is 13.2 Å². The normalized spacial score (nSPS) is 26.2. The Morgan fingerprint density at radius 2 is 1.89 bits per heavy atom. The van der Waals surface area contributed by atoms with E-state index in [0.29, 0.717) is 71.8 Å². The highest BCUT2D eigenvalue weighted by atomic mass is 19.1. The fraction of sp³-hybridized carbons (Fsp3) is 0.463. The van der Waals surface area contributed by atoms with Crippen molar-refractivity contribution < 1.29 is 32.2 Å². The smallest absolute Gasteiger partial charge is 0.319 e. The van der Waals surface area contributed by atoms with Gasteiger partial charge in [-0.1, -0.05) is 12.0 Å². The van der Waals surface area contributed by atoms with Crippen molar-refractivity contribution in [3.63, 3.8) is 0 Å². The summed E-state index contributed by atoms with van der Waals surface area (Å²) >= 11 is 0. The molecule has 5 aliphatic heterocycles. The van der Waals surface area contributed by atoms with Crippen molar-refractivity contribution in [2.75, 3.05) is 57.4 Å². The summed E-state index contributed by atoms with van der Waals surface area (Å²) in [5.41, 5.74) is -0.0908. The topological polar surface area (TPSA) is 87.3 Å². The Labute approximate surface area is 304 Å². The number of aromatic nitrogens is 2. The number of terminal acetylenes is 1. The largest absolute Gasteiger partial charge is 0.508 e. The van der Waals surface area contributed by atoms with Gasteiger partial charge in [0.2, 0.25) is 0 Å². The van der Waals surface area contributed by atoms with Gasteiger partial charge in [0, 0.05) is 66.9 Å². The van der Waals surface area contributed by atoms with Crippen LogP contribution >= 0.6 is 0 Å². The summed E-state index contributed by atoms with van der Waals surface area (Å²) in [6.45, 7) is 7.13. The Balaban J connectivity index is 1.17. The van der Waals surface area contributed by atoms with E-state index in [1.54, 1.807) is 6.92 Å². The third-order valence-electron chi connectivity index (χ3n) is 12.5. The van der Waals surface area contributed by atoms with Gasteiger partial charge in [-0.15, -0.1) is 6.42 Å². The molecule has 4 atom stereocenters. The van der Waals surface area contributed by atoms with Gasteiger partial charge in [-0.2, -0.15) is 9.97 Å². The van der Waals surface area contributed by atoms with Crippen LogP contribution in [0.1, 0.15) is 43.4 Å². The summed E-state index contributed by atoms with van der Waals surface area (Å²) in [7, 11) is 0. The molecular formula is C41H40F3N5O4. The molecule has 2 aromatic heterocycles. The van der Waals surface area contributed by atoms with Crippen LogP contribution in [-0.4, -0.2) is 101 Å². The number of hydrogen-bond acceptors (Lipinski definition) is 9. The monoisotopic (exact) mass is 723 g/mol. The van der Waals surface area contributed by atoms with Gasteiger partial charge >= 0.3 is 6.01 Å². The molecule has 5 fully saturated rings. The molecule has 9 nitrogen and oxygen atoms in total. The average molecular weight is 724 g/mol. The second-order valence-corrected chi connectivity index (χ2v) is 15.8. The first-order chi connectivity index (χ1) is 25.7. The first-order valence-electron chi connectivity index (χ1n) is 18.7. The van der Waals surface area contributed by atoms with Gasteiger partial charge in [0.1, 0.15) is 47.0 Å². The van der Waals surface area contributed by atoms with E-state index in [1.165, 1.54) is 24.3 Å². The van der Waals surface area contributed by atoms with Crippen molar-refractivity contribution >= 4 is 38.5 Å². The summed E-state index contributed by atoms with van der Waals surface area (Å²) in [6, 6.07) is 8.06. The molecule has 5 aliphatic rings. The molecule has 5 aromatic rings. The highest BCUT2D eigenvalue weighted by molar-refractivity contribution is 6.18.